The number of fused-ring (bicyclic) bond motifs is 16. The van der Waals surface area contributed by atoms with Gasteiger partial charge < -0.3 is 19.6 Å². The molecule has 6 heterocycles. The highest BCUT2D eigenvalue weighted by atomic mass is 27.2. The summed E-state index contributed by atoms with van der Waals surface area (Å²) in [6.45, 7) is 6.38. The summed E-state index contributed by atoms with van der Waals surface area (Å²) in [7, 11) is 0. The first-order valence-electron chi connectivity index (χ1n) is 14.9. The average Bonchev–Trinajstić information content (AvgIpc) is 3.81. The maximum Gasteiger partial charge on any atom is 0.622 e. The average molecular weight is 589 g/mol. The maximum absolute atomic E-state index is 6.59. The van der Waals surface area contributed by atoms with Crippen molar-refractivity contribution < 1.29 is 4.74 Å². The van der Waals surface area contributed by atoms with Crippen LogP contribution in [-0.4, -0.2) is 46.2 Å². The minimum atomic E-state index is -1.63. The van der Waals surface area contributed by atoms with Gasteiger partial charge in [-0.3, -0.25) is 0 Å². The van der Waals surface area contributed by atoms with E-state index in [1.807, 2.05) is 12.4 Å². The molecule has 2 aromatic heterocycles. The molecule has 10 rings (SSSR count). The van der Waals surface area contributed by atoms with E-state index in [-0.39, 0.29) is 0 Å². The molecule has 43 heavy (non-hydrogen) atoms. The van der Waals surface area contributed by atoms with Crippen molar-refractivity contribution in [1.29, 1.82) is 0 Å². The minimum absolute atomic E-state index is 0.817. The van der Waals surface area contributed by atoms with Crippen molar-refractivity contribution in [3.8, 4) is 34.3 Å². The van der Waals surface area contributed by atoms with Crippen LogP contribution < -0.4 is 21.4 Å². The molecule has 0 spiro atoms. The van der Waals surface area contributed by atoms with Crippen LogP contribution in [0.1, 0.15) is 22.3 Å². The van der Waals surface area contributed by atoms with Crippen molar-refractivity contribution in [2.24, 2.45) is 0 Å². The third kappa shape index (κ3) is 3.26. The molecule has 0 radical (unpaired) electrons. The fourth-order valence-corrected chi connectivity index (χ4v) is 14.8. The molecule has 4 aromatic carbocycles. The Morgan fingerprint density at radius 3 is 1.60 bits per heavy atom. The van der Waals surface area contributed by atoms with E-state index in [0.717, 1.165) is 47.4 Å². The summed E-state index contributed by atoms with van der Waals surface area (Å²) in [5.74, 6) is 3.71. The van der Waals surface area contributed by atoms with E-state index in [9.17, 15) is 0 Å². The van der Waals surface area contributed by atoms with Gasteiger partial charge in [-0.2, -0.15) is 0 Å². The number of anilines is 2. The van der Waals surface area contributed by atoms with Gasteiger partial charge in [0.1, 0.15) is 23.1 Å². The topological polar surface area (TPSA) is 51.4 Å². The Kier molecular flexibility index (Phi) is 4.88. The summed E-state index contributed by atoms with van der Waals surface area (Å²) < 4.78 is 19.8. The SMILES string of the molecule is Cc1cccc2[c]1[Al]1[N](C2)c2ccc(Oc3ccc4c(c3)-c3ncc[n]3[Al]3[c]5c(C)cccc5C[N]43)cc2-c2ncc[n]21. The number of hydrogen-bond donors (Lipinski definition) is 0. The third-order valence-corrected chi connectivity index (χ3v) is 16.4. The predicted octanol–water partition coefficient (Wildman–Crippen LogP) is 4.98. The molecule has 9 heteroatoms. The summed E-state index contributed by atoms with van der Waals surface area (Å²) >= 11 is -3.27. The summed E-state index contributed by atoms with van der Waals surface area (Å²) in [5, 5.41) is 0. The van der Waals surface area contributed by atoms with Gasteiger partial charge in [0, 0.05) is 60.4 Å². The van der Waals surface area contributed by atoms with Gasteiger partial charge in [0.05, 0.1) is 0 Å². The van der Waals surface area contributed by atoms with Crippen LogP contribution in [-0.2, 0) is 13.1 Å². The molecule has 0 N–H and O–H groups in total. The summed E-state index contributed by atoms with van der Waals surface area (Å²) in [6.07, 6.45) is 8.22. The first kappa shape index (κ1) is 24.2. The smallest absolute Gasteiger partial charge is 0.457 e. The number of benzene rings is 4. The molecule has 204 valence electrons. The van der Waals surface area contributed by atoms with E-state index in [1.165, 1.54) is 42.5 Å². The van der Waals surface area contributed by atoms with Gasteiger partial charge in [-0.1, -0.05) is 56.4 Å². The van der Waals surface area contributed by atoms with Crippen LogP contribution >= 0.6 is 0 Å². The van der Waals surface area contributed by atoms with Crippen molar-refractivity contribution in [2.45, 2.75) is 26.9 Å². The second-order valence-corrected chi connectivity index (χ2v) is 17.1. The van der Waals surface area contributed by atoms with E-state index in [2.05, 4.69) is 114 Å². The van der Waals surface area contributed by atoms with Crippen LogP contribution in [0.2, 0.25) is 0 Å². The van der Waals surface area contributed by atoms with Crippen LogP contribution in [0.15, 0.2) is 97.6 Å². The minimum Gasteiger partial charge on any atom is -0.457 e. The molecule has 4 aliphatic rings. The van der Waals surface area contributed by atoms with Crippen molar-refractivity contribution in [3.05, 3.63) is 120 Å². The Hall–Kier alpha value is -4.24. The van der Waals surface area contributed by atoms with Crippen molar-refractivity contribution in [2.75, 3.05) is 7.77 Å². The van der Waals surface area contributed by atoms with Gasteiger partial charge >= 0.3 is 29.2 Å². The van der Waals surface area contributed by atoms with Crippen molar-refractivity contribution >= 4 is 49.4 Å². The summed E-state index contributed by atoms with van der Waals surface area (Å²) in [4.78, 5) is 9.69. The van der Waals surface area contributed by atoms with E-state index in [4.69, 9.17) is 14.7 Å². The zero-order valence-electron chi connectivity index (χ0n) is 23.9. The molecule has 0 amide bonds. The fraction of sp³-hybridized carbons (Fsp3) is 0.118. The standard InChI is InChI=1S/C34H26N6O.2Al/c1-23-5-3-7-25(17-23)21-39-31-11-9-27(19-29(31)33-35-13-14-36-33)41-28-10-12-32(30(20-28)34-37-15-16-38-34)40-22-26-8-4-6-24(2)18-26;;/h3-16,19-20H,21-22H2,1-2H3;;/q-4;2*+2. The largest absolute Gasteiger partial charge is 0.622 e. The number of nitrogens with zero attached hydrogens (tertiary/aromatic N) is 6. The van der Waals surface area contributed by atoms with Crippen LogP contribution in [0.4, 0.5) is 11.4 Å². The lowest BCUT2D eigenvalue weighted by atomic mass is 10.1. The van der Waals surface area contributed by atoms with E-state index in [0.29, 0.717) is 0 Å². The number of aryl methyl sites for hydroxylation is 2. The molecule has 0 fully saturated rings. The zero-order valence-corrected chi connectivity index (χ0v) is 26.2. The molecule has 6 aromatic rings. The molecular formula is C34H26Al2N6O. The Balaban J connectivity index is 1.02. The molecule has 4 aliphatic heterocycles. The number of aromatic nitrogens is 4. The van der Waals surface area contributed by atoms with Gasteiger partial charge in [-0.05, 0) is 61.4 Å². The quantitative estimate of drug-likeness (QED) is 0.267. The Labute approximate surface area is 258 Å². The number of rotatable bonds is 2. The van der Waals surface area contributed by atoms with Gasteiger partial charge in [-0.25, -0.2) is 9.97 Å². The van der Waals surface area contributed by atoms with Crippen LogP contribution in [0, 0.1) is 13.8 Å². The first-order valence-corrected chi connectivity index (χ1v) is 18.1. The van der Waals surface area contributed by atoms with Crippen LogP contribution in [0.3, 0.4) is 0 Å². The molecule has 0 aliphatic carbocycles. The molecule has 0 bridgehead atoms. The van der Waals surface area contributed by atoms with Gasteiger partial charge in [-0.15, -0.1) is 0 Å². The molecular weight excluding hydrogens is 562 g/mol. The van der Waals surface area contributed by atoms with Gasteiger partial charge in [0.15, 0.2) is 0 Å². The Bertz CT molecular complexity index is 2000. The van der Waals surface area contributed by atoms with Crippen LogP contribution in [0.25, 0.3) is 22.8 Å². The van der Waals surface area contributed by atoms with Crippen LogP contribution in [0.5, 0.6) is 11.5 Å². The maximum atomic E-state index is 6.59. The highest BCUT2D eigenvalue weighted by molar-refractivity contribution is 6.79. The molecule has 0 unspecified atom stereocenters. The lowest BCUT2D eigenvalue weighted by Crippen LogP contribution is -2.51. The second-order valence-electron chi connectivity index (χ2n) is 12.1. The van der Waals surface area contributed by atoms with Gasteiger partial charge in [0.2, 0.25) is 0 Å². The fourth-order valence-electron chi connectivity index (χ4n) is 7.95. The van der Waals surface area contributed by atoms with E-state index >= 15 is 0 Å². The number of ether oxygens (including phenoxy) is 1. The molecule has 0 atom stereocenters. The molecule has 7 nitrogen and oxygen atoms in total. The summed E-state index contributed by atoms with van der Waals surface area (Å²) in [5.41, 5.74) is 10.4. The molecule has 0 saturated heterocycles. The lowest BCUT2D eigenvalue weighted by Gasteiger charge is -2.33. The lowest BCUT2D eigenvalue weighted by molar-refractivity contribution is 0.483. The Morgan fingerprint density at radius 1 is 0.628 bits per heavy atom. The monoisotopic (exact) mass is 588 g/mol. The second kappa shape index (κ2) is 8.66. The van der Waals surface area contributed by atoms with Crippen molar-refractivity contribution in [1.82, 2.24) is 17.1 Å². The van der Waals surface area contributed by atoms with E-state index in [1.54, 1.807) is 0 Å². The number of hydrogen-bond acceptors (Lipinski definition) is 5. The van der Waals surface area contributed by atoms with E-state index < -0.39 is 29.2 Å². The Morgan fingerprint density at radius 2 is 1.12 bits per heavy atom. The highest BCUT2D eigenvalue weighted by Crippen LogP contribution is 2.44. The van der Waals surface area contributed by atoms with Gasteiger partial charge in [0.25, 0.3) is 0 Å². The summed E-state index contributed by atoms with van der Waals surface area (Å²) in [6, 6.07) is 26.5. The number of imidazole rings is 2. The molecule has 0 saturated carbocycles. The first-order chi connectivity index (χ1) is 21.1. The predicted molar refractivity (Wildman–Crippen MR) is 172 cm³/mol. The highest BCUT2D eigenvalue weighted by Gasteiger charge is 2.48. The zero-order chi connectivity index (χ0) is 28.4. The third-order valence-electron chi connectivity index (χ3n) is 9.75. The normalized spacial score (nSPS) is 14.8. The van der Waals surface area contributed by atoms with Crippen molar-refractivity contribution in [3.63, 3.8) is 0 Å².